The fraction of sp³-hybridized carbons (Fsp3) is 0.615. The lowest BCUT2D eigenvalue weighted by molar-refractivity contribution is 0.390. The summed E-state index contributed by atoms with van der Waals surface area (Å²) in [7, 11) is 0. The van der Waals surface area contributed by atoms with E-state index in [1.165, 1.54) is 0 Å². The van der Waals surface area contributed by atoms with Gasteiger partial charge in [0.25, 0.3) is 0 Å². The van der Waals surface area contributed by atoms with Crippen molar-refractivity contribution in [1.29, 1.82) is 0 Å². The minimum absolute atomic E-state index is 0.170. The van der Waals surface area contributed by atoms with Gasteiger partial charge in [-0.15, -0.1) is 0 Å². The van der Waals surface area contributed by atoms with Crippen molar-refractivity contribution >= 4 is 0 Å². The highest BCUT2D eigenvalue weighted by molar-refractivity contribution is 5.24. The molecule has 6 nitrogen and oxygen atoms in total. The first-order valence-electron chi connectivity index (χ1n) is 6.55. The van der Waals surface area contributed by atoms with Crippen LogP contribution in [0, 0.1) is 13.8 Å². The van der Waals surface area contributed by atoms with Gasteiger partial charge < -0.3 is 9.84 Å². The lowest BCUT2D eigenvalue weighted by Gasteiger charge is -2.15. The Labute approximate surface area is 113 Å². The Hall–Kier alpha value is -1.69. The summed E-state index contributed by atoms with van der Waals surface area (Å²) in [5.74, 6) is 1.80. The zero-order chi connectivity index (χ0) is 14.0. The van der Waals surface area contributed by atoms with Crippen LogP contribution in [0.2, 0.25) is 0 Å². The fourth-order valence-corrected chi connectivity index (χ4v) is 2.29. The average Bonchev–Trinajstić information content (AvgIpc) is 2.93. The monoisotopic (exact) mass is 263 g/mol. The summed E-state index contributed by atoms with van der Waals surface area (Å²) in [5, 5.41) is 11.6. The predicted molar refractivity (Wildman–Crippen MR) is 71.6 cm³/mol. The first kappa shape index (κ1) is 13.7. The van der Waals surface area contributed by atoms with Crippen LogP contribution in [0.25, 0.3) is 0 Å². The van der Waals surface area contributed by atoms with Crippen LogP contribution in [-0.2, 0) is 6.54 Å². The normalized spacial score (nSPS) is 13.2. The summed E-state index contributed by atoms with van der Waals surface area (Å²) in [6.07, 6.45) is 1.59. The van der Waals surface area contributed by atoms with Gasteiger partial charge in [0.15, 0.2) is 0 Å². The van der Waals surface area contributed by atoms with E-state index >= 15 is 0 Å². The smallest absolute Gasteiger partial charge is 0.141 e. The summed E-state index contributed by atoms with van der Waals surface area (Å²) < 4.78 is 7.12. The molecule has 0 saturated heterocycles. The maximum atomic E-state index is 5.19. The number of aryl methyl sites for hydroxylation is 2. The number of aromatic nitrogens is 4. The van der Waals surface area contributed by atoms with Crippen LogP contribution in [0.1, 0.15) is 55.7 Å². The molecule has 6 heteroatoms. The third kappa shape index (κ3) is 2.84. The Balaban J connectivity index is 2.05. The van der Waals surface area contributed by atoms with Gasteiger partial charge >= 0.3 is 0 Å². The maximum Gasteiger partial charge on any atom is 0.141 e. The summed E-state index contributed by atoms with van der Waals surface area (Å²) in [4.78, 5) is 4.29. The van der Waals surface area contributed by atoms with E-state index in [0.29, 0.717) is 12.6 Å². The topological polar surface area (TPSA) is 68.8 Å². The second-order valence-electron chi connectivity index (χ2n) is 5.06. The van der Waals surface area contributed by atoms with E-state index in [4.69, 9.17) is 4.52 Å². The third-order valence-electron chi connectivity index (χ3n) is 3.22. The van der Waals surface area contributed by atoms with E-state index in [2.05, 4.69) is 41.3 Å². The average molecular weight is 263 g/mol. The summed E-state index contributed by atoms with van der Waals surface area (Å²) >= 11 is 0. The minimum atomic E-state index is 0.170. The minimum Gasteiger partial charge on any atom is -0.361 e. The van der Waals surface area contributed by atoms with Crippen LogP contribution in [0.15, 0.2) is 10.9 Å². The maximum absolute atomic E-state index is 5.19. The Kier molecular flexibility index (Phi) is 3.99. The van der Waals surface area contributed by atoms with E-state index in [9.17, 15) is 0 Å². The number of hydrogen-bond donors (Lipinski definition) is 1. The van der Waals surface area contributed by atoms with Crippen LogP contribution in [0.3, 0.4) is 0 Å². The molecule has 2 aromatic heterocycles. The van der Waals surface area contributed by atoms with Crippen LogP contribution < -0.4 is 5.32 Å². The molecule has 0 aliphatic carbocycles. The van der Waals surface area contributed by atoms with Crippen molar-refractivity contribution in [3.8, 4) is 0 Å². The highest BCUT2D eigenvalue weighted by Gasteiger charge is 2.17. The quantitative estimate of drug-likeness (QED) is 0.896. The SMILES string of the molecule is Cc1noc(C)c1C(C)NCc1ncnn1C(C)C. The molecule has 2 rings (SSSR count). The zero-order valence-corrected chi connectivity index (χ0v) is 12.1. The van der Waals surface area contributed by atoms with Gasteiger partial charge in [0.2, 0.25) is 0 Å². The molecule has 0 aliphatic heterocycles. The lowest BCUT2D eigenvalue weighted by Crippen LogP contribution is -2.22. The molecule has 0 aromatic carbocycles. The zero-order valence-electron chi connectivity index (χ0n) is 12.1. The van der Waals surface area contributed by atoms with Crippen molar-refractivity contribution in [3.63, 3.8) is 0 Å². The molecule has 0 bridgehead atoms. The highest BCUT2D eigenvalue weighted by Crippen LogP contribution is 2.21. The molecule has 0 amide bonds. The van der Waals surface area contributed by atoms with Gasteiger partial charge in [-0.25, -0.2) is 9.67 Å². The van der Waals surface area contributed by atoms with Crippen molar-refractivity contribution in [2.75, 3.05) is 0 Å². The predicted octanol–water partition coefficient (Wildman–Crippen LogP) is 2.31. The molecule has 1 unspecified atom stereocenters. The van der Waals surface area contributed by atoms with Gasteiger partial charge in [-0.1, -0.05) is 5.16 Å². The van der Waals surface area contributed by atoms with Gasteiger partial charge in [0.05, 0.1) is 12.2 Å². The molecule has 0 saturated carbocycles. The van der Waals surface area contributed by atoms with Crippen LogP contribution in [0.5, 0.6) is 0 Å². The third-order valence-corrected chi connectivity index (χ3v) is 3.22. The highest BCUT2D eigenvalue weighted by atomic mass is 16.5. The van der Waals surface area contributed by atoms with Crippen molar-refractivity contribution < 1.29 is 4.52 Å². The van der Waals surface area contributed by atoms with Gasteiger partial charge in [0, 0.05) is 17.6 Å². The number of hydrogen-bond acceptors (Lipinski definition) is 5. The van der Waals surface area contributed by atoms with E-state index < -0.39 is 0 Å². The van der Waals surface area contributed by atoms with E-state index in [0.717, 1.165) is 22.8 Å². The number of nitrogens with zero attached hydrogens (tertiary/aromatic N) is 4. The summed E-state index contributed by atoms with van der Waals surface area (Å²) in [5.41, 5.74) is 2.05. The van der Waals surface area contributed by atoms with Gasteiger partial charge in [-0.05, 0) is 34.6 Å². The molecule has 1 N–H and O–H groups in total. The van der Waals surface area contributed by atoms with Gasteiger partial charge in [-0.2, -0.15) is 5.10 Å². The molecule has 1 atom stereocenters. The van der Waals surface area contributed by atoms with Crippen molar-refractivity contribution in [2.24, 2.45) is 0 Å². The van der Waals surface area contributed by atoms with E-state index in [1.807, 2.05) is 18.5 Å². The second kappa shape index (κ2) is 5.52. The van der Waals surface area contributed by atoms with Gasteiger partial charge in [-0.3, -0.25) is 0 Å². The van der Waals surface area contributed by atoms with Crippen molar-refractivity contribution in [2.45, 2.75) is 53.2 Å². The molecule has 0 fully saturated rings. The standard InChI is InChI=1S/C13H21N5O/c1-8(2)18-12(15-7-16-18)6-14-9(3)13-10(4)17-19-11(13)5/h7-9,14H,6H2,1-5H3. The van der Waals surface area contributed by atoms with Crippen molar-refractivity contribution in [1.82, 2.24) is 25.2 Å². The van der Waals surface area contributed by atoms with E-state index in [-0.39, 0.29) is 6.04 Å². The number of rotatable bonds is 5. The number of nitrogens with one attached hydrogen (secondary N) is 1. The van der Waals surface area contributed by atoms with Gasteiger partial charge in [0.1, 0.15) is 17.9 Å². The fourth-order valence-electron chi connectivity index (χ4n) is 2.29. The molecule has 0 radical (unpaired) electrons. The largest absolute Gasteiger partial charge is 0.361 e. The first-order valence-corrected chi connectivity index (χ1v) is 6.55. The Bertz CT molecular complexity index is 523. The van der Waals surface area contributed by atoms with Crippen LogP contribution >= 0.6 is 0 Å². The molecule has 2 heterocycles. The molecule has 0 aliphatic rings. The summed E-state index contributed by atoms with van der Waals surface area (Å²) in [6.45, 7) is 10.8. The Morgan fingerprint density at radius 1 is 1.32 bits per heavy atom. The first-order chi connectivity index (χ1) is 9.00. The van der Waals surface area contributed by atoms with E-state index in [1.54, 1.807) is 6.33 Å². The molecule has 0 spiro atoms. The van der Waals surface area contributed by atoms with Crippen LogP contribution in [0.4, 0.5) is 0 Å². The molecule has 2 aromatic rings. The lowest BCUT2D eigenvalue weighted by atomic mass is 10.1. The summed E-state index contributed by atoms with van der Waals surface area (Å²) in [6, 6.07) is 0.484. The van der Waals surface area contributed by atoms with Crippen LogP contribution in [-0.4, -0.2) is 19.9 Å². The Morgan fingerprint density at radius 2 is 2.05 bits per heavy atom. The second-order valence-corrected chi connectivity index (χ2v) is 5.06. The molecule has 104 valence electrons. The molecule has 19 heavy (non-hydrogen) atoms. The molecular weight excluding hydrogens is 242 g/mol. The molecular formula is C13H21N5O. The Morgan fingerprint density at radius 3 is 2.63 bits per heavy atom. The van der Waals surface area contributed by atoms with Crippen molar-refractivity contribution in [3.05, 3.63) is 29.2 Å².